The van der Waals surface area contributed by atoms with Crippen molar-refractivity contribution in [2.45, 2.75) is 59.5 Å². The second-order valence-electron chi connectivity index (χ2n) is 8.66. The number of nitriles is 1. The van der Waals surface area contributed by atoms with Crippen molar-refractivity contribution in [1.29, 1.82) is 5.26 Å². The van der Waals surface area contributed by atoms with Gasteiger partial charge in [0.05, 0.1) is 11.1 Å². The average molecular weight is 426 g/mol. The lowest BCUT2D eigenvalue weighted by molar-refractivity contribution is -0.124. The number of esters is 1. The number of hydrogen-bond donors (Lipinski definition) is 1. The third-order valence-electron chi connectivity index (χ3n) is 5.65. The summed E-state index contributed by atoms with van der Waals surface area (Å²) in [5.41, 5.74) is 2.09. The molecule has 3 rings (SSSR count). The van der Waals surface area contributed by atoms with E-state index < -0.39 is 18.0 Å². The molecular formula is C23H27N3O3S. The molecule has 1 aliphatic rings. The smallest absolute Gasteiger partial charge is 0.340 e. The Kier molecular flexibility index (Phi) is 6.57. The third-order valence-corrected chi connectivity index (χ3v) is 6.82. The molecule has 1 N–H and O–H groups in total. The Labute approximate surface area is 181 Å². The van der Waals surface area contributed by atoms with Gasteiger partial charge in [-0.1, -0.05) is 27.7 Å². The molecule has 30 heavy (non-hydrogen) atoms. The summed E-state index contributed by atoms with van der Waals surface area (Å²) in [4.78, 5) is 30.2. The van der Waals surface area contributed by atoms with Crippen LogP contribution in [-0.2, 0) is 22.4 Å². The summed E-state index contributed by atoms with van der Waals surface area (Å²) in [6.45, 7) is 8.51. The van der Waals surface area contributed by atoms with Crippen molar-refractivity contribution in [3.63, 3.8) is 0 Å². The highest BCUT2D eigenvalue weighted by atomic mass is 32.1. The topological polar surface area (TPSA) is 92.1 Å². The van der Waals surface area contributed by atoms with Gasteiger partial charge in [0.1, 0.15) is 11.1 Å². The first kappa shape index (κ1) is 22.0. The van der Waals surface area contributed by atoms with E-state index in [-0.39, 0.29) is 5.41 Å². The molecule has 1 amide bonds. The maximum absolute atomic E-state index is 12.8. The summed E-state index contributed by atoms with van der Waals surface area (Å²) in [6.07, 6.45) is 5.16. The Balaban J connectivity index is 1.75. The molecule has 7 heteroatoms. The molecule has 0 aromatic carbocycles. The molecule has 1 aliphatic carbocycles. The Hall–Kier alpha value is -2.72. The molecule has 0 bridgehead atoms. The van der Waals surface area contributed by atoms with Crippen molar-refractivity contribution in [2.24, 2.45) is 11.3 Å². The fourth-order valence-electron chi connectivity index (χ4n) is 3.73. The number of carbonyl (C=O) groups excluding carboxylic acids is 2. The van der Waals surface area contributed by atoms with E-state index >= 15 is 0 Å². The molecule has 158 valence electrons. The minimum atomic E-state index is -0.939. The predicted molar refractivity (Wildman–Crippen MR) is 116 cm³/mol. The number of amides is 1. The minimum absolute atomic E-state index is 0.200. The summed E-state index contributed by atoms with van der Waals surface area (Å²) in [7, 11) is 0. The molecule has 0 saturated heterocycles. The van der Waals surface area contributed by atoms with Crippen molar-refractivity contribution < 1.29 is 14.3 Å². The second-order valence-corrected chi connectivity index (χ2v) is 9.76. The van der Waals surface area contributed by atoms with E-state index in [1.54, 1.807) is 25.3 Å². The van der Waals surface area contributed by atoms with Crippen LogP contribution in [0.2, 0.25) is 0 Å². The maximum atomic E-state index is 12.8. The standard InChI is InChI=1S/C23H27N3O3S/c1-5-18(29-22(28)14-7-6-10-25-13-14)20(27)26-21-17(12-24)16-9-8-15(23(2,3)4)11-19(16)30-21/h6-7,10,13,15,18H,5,8-9,11H2,1-4H3,(H,26,27). The maximum Gasteiger partial charge on any atom is 0.340 e. The average Bonchev–Trinajstić information content (AvgIpc) is 3.07. The summed E-state index contributed by atoms with van der Waals surface area (Å²) >= 11 is 1.47. The van der Waals surface area contributed by atoms with Gasteiger partial charge in [0, 0.05) is 17.3 Å². The minimum Gasteiger partial charge on any atom is -0.449 e. The molecular weight excluding hydrogens is 398 g/mol. The zero-order chi connectivity index (χ0) is 21.9. The molecule has 0 aliphatic heterocycles. The third kappa shape index (κ3) is 4.71. The van der Waals surface area contributed by atoms with E-state index in [0.29, 0.717) is 28.5 Å². The van der Waals surface area contributed by atoms with Crippen LogP contribution in [0.3, 0.4) is 0 Å². The molecule has 2 atom stereocenters. The van der Waals surface area contributed by atoms with E-state index in [1.807, 2.05) is 0 Å². The first-order chi connectivity index (χ1) is 14.2. The number of aromatic nitrogens is 1. The molecule has 0 saturated carbocycles. The monoisotopic (exact) mass is 425 g/mol. The van der Waals surface area contributed by atoms with Crippen molar-refractivity contribution in [2.75, 3.05) is 5.32 Å². The van der Waals surface area contributed by atoms with Crippen LogP contribution in [-0.4, -0.2) is 23.0 Å². The number of nitrogens with zero attached hydrogens (tertiary/aromatic N) is 2. The molecule has 0 spiro atoms. The number of pyridine rings is 1. The van der Waals surface area contributed by atoms with Crippen LogP contribution in [0.25, 0.3) is 0 Å². The lowest BCUT2D eigenvalue weighted by Crippen LogP contribution is -2.32. The highest BCUT2D eigenvalue weighted by molar-refractivity contribution is 7.16. The lowest BCUT2D eigenvalue weighted by Gasteiger charge is -2.33. The van der Waals surface area contributed by atoms with Gasteiger partial charge >= 0.3 is 5.97 Å². The lowest BCUT2D eigenvalue weighted by atomic mass is 9.72. The van der Waals surface area contributed by atoms with Crippen LogP contribution in [0, 0.1) is 22.7 Å². The normalized spacial score (nSPS) is 16.8. The molecule has 0 fully saturated rings. The van der Waals surface area contributed by atoms with Crippen LogP contribution >= 0.6 is 11.3 Å². The number of anilines is 1. The van der Waals surface area contributed by atoms with E-state index in [0.717, 1.165) is 24.8 Å². The Morgan fingerprint density at radius 1 is 1.43 bits per heavy atom. The Bertz CT molecular complexity index is 970. The van der Waals surface area contributed by atoms with E-state index in [9.17, 15) is 14.9 Å². The van der Waals surface area contributed by atoms with Crippen molar-refractivity contribution in [3.8, 4) is 6.07 Å². The molecule has 2 heterocycles. The van der Waals surface area contributed by atoms with E-state index in [4.69, 9.17) is 4.74 Å². The van der Waals surface area contributed by atoms with Crippen molar-refractivity contribution >= 4 is 28.2 Å². The van der Waals surface area contributed by atoms with Gasteiger partial charge in [0.25, 0.3) is 5.91 Å². The SMILES string of the molecule is CCC(OC(=O)c1cccnc1)C(=O)Nc1sc2c(c1C#N)CCC(C(C)(C)C)C2. The molecule has 6 nitrogen and oxygen atoms in total. The fourth-order valence-corrected chi connectivity index (χ4v) is 5.01. The molecule has 2 aromatic rings. The first-order valence-corrected chi connectivity index (χ1v) is 11.0. The predicted octanol–water partition coefficient (Wildman–Crippen LogP) is 4.74. The molecule has 2 unspecified atom stereocenters. The summed E-state index contributed by atoms with van der Waals surface area (Å²) in [5, 5.41) is 13.1. The van der Waals surface area contributed by atoms with Crippen molar-refractivity contribution in [3.05, 3.63) is 46.1 Å². The van der Waals surface area contributed by atoms with E-state index in [2.05, 4.69) is 37.1 Å². The van der Waals surface area contributed by atoms with Crippen molar-refractivity contribution in [1.82, 2.24) is 4.98 Å². The summed E-state index contributed by atoms with van der Waals surface area (Å²) < 4.78 is 5.39. The van der Waals surface area contributed by atoms with Gasteiger partial charge < -0.3 is 10.1 Å². The second kappa shape index (κ2) is 8.97. The van der Waals surface area contributed by atoms with Gasteiger partial charge in [0.2, 0.25) is 0 Å². The Morgan fingerprint density at radius 3 is 2.80 bits per heavy atom. The first-order valence-electron chi connectivity index (χ1n) is 10.2. The zero-order valence-electron chi connectivity index (χ0n) is 17.8. The Morgan fingerprint density at radius 2 is 2.20 bits per heavy atom. The van der Waals surface area contributed by atoms with Crippen LogP contribution in [0.5, 0.6) is 0 Å². The number of rotatable bonds is 5. The number of ether oxygens (including phenoxy) is 1. The number of thiophene rings is 1. The zero-order valence-corrected chi connectivity index (χ0v) is 18.6. The molecule has 2 aromatic heterocycles. The highest BCUT2D eigenvalue weighted by Gasteiger charge is 2.33. The summed E-state index contributed by atoms with van der Waals surface area (Å²) in [5.74, 6) is -0.469. The van der Waals surface area contributed by atoms with Gasteiger partial charge in [-0.25, -0.2) is 4.79 Å². The van der Waals surface area contributed by atoms with E-state index in [1.165, 1.54) is 22.4 Å². The van der Waals surface area contributed by atoms with Gasteiger partial charge in [-0.3, -0.25) is 9.78 Å². The van der Waals surface area contributed by atoms with Gasteiger partial charge in [-0.05, 0) is 54.7 Å². The largest absolute Gasteiger partial charge is 0.449 e. The van der Waals surface area contributed by atoms with Crippen LogP contribution < -0.4 is 5.32 Å². The number of fused-ring (bicyclic) bond motifs is 1. The number of hydrogen-bond acceptors (Lipinski definition) is 6. The molecule has 0 radical (unpaired) electrons. The fraction of sp³-hybridized carbons (Fsp3) is 0.478. The number of carbonyl (C=O) groups is 2. The quantitative estimate of drug-likeness (QED) is 0.699. The highest BCUT2D eigenvalue weighted by Crippen LogP contribution is 2.44. The van der Waals surface area contributed by atoms with Crippen LogP contribution in [0.4, 0.5) is 5.00 Å². The number of nitrogens with one attached hydrogen (secondary N) is 1. The van der Waals surface area contributed by atoms with Gasteiger partial charge in [0.15, 0.2) is 6.10 Å². The summed E-state index contributed by atoms with van der Waals surface area (Å²) in [6, 6.07) is 5.49. The van der Waals surface area contributed by atoms with Crippen LogP contribution in [0.15, 0.2) is 24.5 Å². The van der Waals surface area contributed by atoms with Crippen LogP contribution in [0.1, 0.15) is 66.9 Å². The van der Waals surface area contributed by atoms with Gasteiger partial charge in [-0.2, -0.15) is 5.26 Å². The van der Waals surface area contributed by atoms with Gasteiger partial charge in [-0.15, -0.1) is 11.3 Å².